The average Bonchev–Trinajstić information content (AvgIpc) is 2.65. The third-order valence-corrected chi connectivity index (χ3v) is 2.55. The van der Waals surface area contributed by atoms with Gasteiger partial charge >= 0.3 is 0 Å². The molecule has 5 nitrogen and oxygen atoms in total. The number of hydrogen-bond acceptors (Lipinski definition) is 2. The van der Waals surface area contributed by atoms with Crippen LogP contribution in [0.1, 0.15) is 10.4 Å². The molecule has 0 aliphatic rings. The summed E-state index contributed by atoms with van der Waals surface area (Å²) in [5.74, 6) is 0.337. The summed E-state index contributed by atoms with van der Waals surface area (Å²) in [6.07, 6.45) is 2.41. The maximum Gasteiger partial charge on any atom is 0.152 e. The molecule has 17 heavy (non-hydrogen) atoms. The Hall–Kier alpha value is -2.52. The van der Waals surface area contributed by atoms with Crippen LogP contribution < -0.4 is 0 Å². The molecule has 0 fully saturated rings. The van der Waals surface area contributed by atoms with Gasteiger partial charge in [0.2, 0.25) is 0 Å². The van der Waals surface area contributed by atoms with E-state index in [1.165, 1.54) is 0 Å². The molecule has 0 bridgehead atoms. The van der Waals surface area contributed by atoms with Gasteiger partial charge in [-0.15, -0.1) is 6.58 Å². The summed E-state index contributed by atoms with van der Waals surface area (Å²) in [6, 6.07) is 7.42. The zero-order chi connectivity index (χ0) is 12.3. The Morgan fingerprint density at radius 3 is 2.88 bits per heavy atom. The molecular formula is C12H10N4O. The Labute approximate surface area is 97.6 Å². The highest BCUT2D eigenvalue weighted by atomic mass is 16.1. The second kappa shape index (κ2) is 4.55. The molecule has 0 atom stereocenters. The van der Waals surface area contributed by atoms with Gasteiger partial charge in [0.25, 0.3) is 0 Å². The maximum atomic E-state index is 11.1. The predicted octanol–water partition coefficient (Wildman–Crippen LogP) is 3.58. The number of nitrogens with zero attached hydrogens (tertiary/aromatic N) is 4. The topological polar surface area (TPSA) is 70.8 Å². The van der Waals surface area contributed by atoms with E-state index in [9.17, 15) is 4.79 Å². The molecule has 0 amide bonds. The smallest absolute Gasteiger partial charge is 0.152 e. The Bertz CT molecular complexity index is 635. The highest BCUT2D eigenvalue weighted by molar-refractivity contribution is 6.03. The van der Waals surface area contributed by atoms with Gasteiger partial charge < -0.3 is 4.57 Å². The van der Waals surface area contributed by atoms with Crippen LogP contribution in [-0.2, 0) is 6.54 Å². The first kappa shape index (κ1) is 11.0. The summed E-state index contributed by atoms with van der Waals surface area (Å²) >= 11 is 0. The van der Waals surface area contributed by atoms with Gasteiger partial charge in [-0.2, -0.15) is 0 Å². The van der Waals surface area contributed by atoms with Crippen LogP contribution in [0.2, 0.25) is 0 Å². The number of allylic oxidation sites excluding steroid dienone is 1. The Balaban J connectivity index is 2.90. The quantitative estimate of drug-likeness (QED) is 0.258. The lowest BCUT2D eigenvalue weighted by molar-refractivity contribution is 0.112. The molecule has 0 unspecified atom stereocenters. The minimum Gasteiger partial charge on any atom is -0.335 e. The van der Waals surface area contributed by atoms with Gasteiger partial charge in [0.05, 0.1) is 0 Å². The lowest BCUT2D eigenvalue weighted by Gasteiger charge is -2.03. The fourth-order valence-electron chi connectivity index (χ4n) is 1.90. The molecule has 0 aliphatic heterocycles. The Morgan fingerprint density at radius 2 is 2.24 bits per heavy atom. The molecule has 0 spiro atoms. The van der Waals surface area contributed by atoms with Gasteiger partial charge in [-0.3, -0.25) is 4.79 Å². The third kappa shape index (κ3) is 1.68. The first-order valence-corrected chi connectivity index (χ1v) is 5.06. The number of carbonyl (C=O) groups excluding carboxylic acids is 1. The van der Waals surface area contributed by atoms with Crippen molar-refractivity contribution in [2.75, 3.05) is 0 Å². The molecular weight excluding hydrogens is 216 g/mol. The zero-order valence-electron chi connectivity index (χ0n) is 9.08. The van der Waals surface area contributed by atoms with E-state index >= 15 is 0 Å². The van der Waals surface area contributed by atoms with Crippen molar-refractivity contribution in [2.24, 2.45) is 5.11 Å². The number of para-hydroxylation sites is 1. The number of aromatic nitrogens is 1. The Kier molecular flexibility index (Phi) is 2.94. The van der Waals surface area contributed by atoms with Crippen molar-refractivity contribution in [2.45, 2.75) is 6.54 Å². The van der Waals surface area contributed by atoms with Crippen LogP contribution in [0.4, 0.5) is 5.82 Å². The first-order valence-electron chi connectivity index (χ1n) is 5.06. The SMILES string of the molecule is C=CCn1c(N=[N+]=[N-])c(C=O)c2ccccc21. The predicted molar refractivity (Wildman–Crippen MR) is 66.3 cm³/mol. The lowest BCUT2D eigenvalue weighted by Crippen LogP contribution is -1.93. The molecule has 0 saturated carbocycles. The van der Waals surface area contributed by atoms with Crippen LogP contribution in [0.15, 0.2) is 42.0 Å². The molecule has 0 saturated heterocycles. The number of aldehydes is 1. The largest absolute Gasteiger partial charge is 0.335 e. The van der Waals surface area contributed by atoms with E-state index in [4.69, 9.17) is 5.53 Å². The molecule has 2 rings (SSSR count). The van der Waals surface area contributed by atoms with Gasteiger partial charge in [-0.25, -0.2) is 0 Å². The van der Waals surface area contributed by atoms with E-state index in [0.29, 0.717) is 24.2 Å². The lowest BCUT2D eigenvalue weighted by atomic mass is 10.2. The van der Waals surface area contributed by atoms with Crippen molar-refractivity contribution in [3.63, 3.8) is 0 Å². The van der Waals surface area contributed by atoms with E-state index in [1.54, 1.807) is 10.6 Å². The number of fused-ring (bicyclic) bond motifs is 1. The zero-order valence-corrected chi connectivity index (χ0v) is 9.08. The van der Waals surface area contributed by atoms with E-state index in [0.717, 1.165) is 10.9 Å². The monoisotopic (exact) mass is 226 g/mol. The summed E-state index contributed by atoms with van der Waals surface area (Å²) in [5.41, 5.74) is 9.84. The molecule has 5 heteroatoms. The van der Waals surface area contributed by atoms with Gasteiger partial charge in [0, 0.05) is 27.9 Å². The van der Waals surface area contributed by atoms with Crippen LogP contribution in [0, 0.1) is 0 Å². The van der Waals surface area contributed by atoms with Crippen molar-refractivity contribution in [3.05, 3.63) is 52.9 Å². The van der Waals surface area contributed by atoms with Crippen LogP contribution >= 0.6 is 0 Å². The van der Waals surface area contributed by atoms with E-state index in [-0.39, 0.29) is 0 Å². The average molecular weight is 226 g/mol. The molecule has 2 aromatic rings. The van der Waals surface area contributed by atoms with Crippen molar-refractivity contribution in [3.8, 4) is 0 Å². The molecule has 0 aliphatic carbocycles. The van der Waals surface area contributed by atoms with Crippen molar-refractivity contribution < 1.29 is 4.79 Å². The molecule has 1 aromatic heterocycles. The van der Waals surface area contributed by atoms with Gasteiger partial charge in [0.15, 0.2) is 6.29 Å². The minimum absolute atomic E-state index is 0.337. The molecule has 0 N–H and O–H groups in total. The standard InChI is InChI=1S/C12H10N4O/c1-2-7-16-11-6-4-3-5-9(11)10(8-17)12(16)14-15-13/h2-6,8H,1,7H2. The van der Waals surface area contributed by atoms with Gasteiger partial charge in [0.1, 0.15) is 5.82 Å². The van der Waals surface area contributed by atoms with Crippen LogP contribution in [-0.4, -0.2) is 10.9 Å². The van der Waals surface area contributed by atoms with Gasteiger partial charge in [-0.1, -0.05) is 24.3 Å². The van der Waals surface area contributed by atoms with Crippen LogP contribution in [0.25, 0.3) is 21.3 Å². The molecule has 84 valence electrons. The fraction of sp³-hybridized carbons (Fsp3) is 0.0833. The van der Waals surface area contributed by atoms with Crippen molar-refractivity contribution in [1.82, 2.24) is 4.57 Å². The molecule has 1 aromatic carbocycles. The first-order chi connectivity index (χ1) is 8.33. The summed E-state index contributed by atoms with van der Waals surface area (Å²) in [6.45, 7) is 4.14. The summed E-state index contributed by atoms with van der Waals surface area (Å²) in [5, 5.41) is 4.38. The summed E-state index contributed by atoms with van der Waals surface area (Å²) in [4.78, 5) is 13.9. The van der Waals surface area contributed by atoms with E-state index < -0.39 is 0 Å². The van der Waals surface area contributed by atoms with E-state index in [1.807, 2.05) is 24.3 Å². The van der Waals surface area contributed by atoms with Crippen LogP contribution in [0.5, 0.6) is 0 Å². The highest BCUT2D eigenvalue weighted by Crippen LogP contribution is 2.31. The summed E-state index contributed by atoms with van der Waals surface area (Å²) in [7, 11) is 0. The maximum absolute atomic E-state index is 11.1. The normalized spacial score (nSPS) is 9.88. The fourth-order valence-corrected chi connectivity index (χ4v) is 1.90. The third-order valence-electron chi connectivity index (χ3n) is 2.55. The number of carbonyl (C=O) groups is 1. The van der Waals surface area contributed by atoms with Crippen molar-refractivity contribution in [1.29, 1.82) is 0 Å². The number of azide groups is 1. The molecule has 1 heterocycles. The van der Waals surface area contributed by atoms with Gasteiger partial charge in [-0.05, 0) is 16.7 Å². The highest BCUT2D eigenvalue weighted by Gasteiger charge is 2.13. The second-order valence-electron chi connectivity index (χ2n) is 3.46. The minimum atomic E-state index is 0.337. The number of benzene rings is 1. The molecule has 0 radical (unpaired) electrons. The van der Waals surface area contributed by atoms with E-state index in [2.05, 4.69) is 16.6 Å². The summed E-state index contributed by atoms with van der Waals surface area (Å²) < 4.78 is 1.77. The van der Waals surface area contributed by atoms with Crippen LogP contribution in [0.3, 0.4) is 0 Å². The van der Waals surface area contributed by atoms with Crippen molar-refractivity contribution >= 4 is 23.0 Å². The Morgan fingerprint density at radius 1 is 1.47 bits per heavy atom. The number of hydrogen-bond donors (Lipinski definition) is 0. The second-order valence-corrected chi connectivity index (χ2v) is 3.46. The number of rotatable bonds is 4.